The van der Waals surface area contributed by atoms with E-state index in [2.05, 4.69) is 10.6 Å². The van der Waals surface area contributed by atoms with Crippen LogP contribution in [0.4, 0.5) is 0 Å². The highest BCUT2D eigenvalue weighted by molar-refractivity contribution is 5.79. The first-order valence-electron chi connectivity index (χ1n) is 5.41. The number of rotatable bonds is 5. The van der Waals surface area contributed by atoms with E-state index in [4.69, 9.17) is 10.2 Å². The standard InChI is InChI=1S/C10H18N2O4/c1-6-4-11-5-7(6)9(14)12-3-2-8(13)10(15)16/h6-8,11,13H,2-5H2,1H3,(H,12,14)(H,15,16)/t6?,7?,8-/m0/s1. The van der Waals surface area contributed by atoms with E-state index in [1.165, 1.54) is 0 Å². The molecule has 92 valence electrons. The van der Waals surface area contributed by atoms with Crippen molar-refractivity contribution < 1.29 is 19.8 Å². The lowest BCUT2D eigenvalue weighted by Crippen LogP contribution is -2.36. The average Bonchev–Trinajstić information content (AvgIpc) is 2.64. The lowest BCUT2D eigenvalue weighted by atomic mass is 9.97. The zero-order chi connectivity index (χ0) is 12.1. The minimum Gasteiger partial charge on any atom is -0.479 e. The van der Waals surface area contributed by atoms with E-state index in [9.17, 15) is 9.59 Å². The molecule has 3 atom stereocenters. The molecule has 0 aromatic heterocycles. The largest absolute Gasteiger partial charge is 0.479 e. The highest BCUT2D eigenvalue weighted by atomic mass is 16.4. The Balaban J connectivity index is 2.22. The van der Waals surface area contributed by atoms with Gasteiger partial charge in [-0.05, 0) is 12.5 Å². The van der Waals surface area contributed by atoms with Gasteiger partial charge in [-0.1, -0.05) is 6.92 Å². The summed E-state index contributed by atoms with van der Waals surface area (Å²) in [6.45, 7) is 3.68. The third-order valence-electron chi connectivity index (χ3n) is 2.86. The molecule has 6 heteroatoms. The quantitative estimate of drug-likeness (QED) is 0.475. The first-order chi connectivity index (χ1) is 7.52. The second-order valence-corrected chi connectivity index (χ2v) is 4.18. The van der Waals surface area contributed by atoms with Crippen molar-refractivity contribution >= 4 is 11.9 Å². The predicted octanol–water partition coefficient (Wildman–Crippen LogP) is -1.21. The third kappa shape index (κ3) is 3.46. The molecule has 1 saturated heterocycles. The van der Waals surface area contributed by atoms with Crippen LogP contribution in [0.2, 0.25) is 0 Å². The highest BCUT2D eigenvalue weighted by Crippen LogP contribution is 2.15. The van der Waals surface area contributed by atoms with E-state index in [1.807, 2.05) is 6.92 Å². The second kappa shape index (κ2) is 5.81. The molecule has 1 heterocycles. The summed E-state index contributed by atoms with van der Waals surface area (Å²) in [6, 6.07) is 0. The topological polar surface area (TPSA) is 98.7 Å². The van der Waals surface area contributed by atoms with Crippen LogP contribution in [0.1, 0.15) is 13.3 Å². The van der Waals surface area contributed by atoms with Crippen molar-refractivity contribution in [3.05, 3.63) is 0 Å². The molecule has 0 aromatic carbocycles. The van der Waals surface area contributed by atoms with Crippen molar-refractivity contribution in [2.75, 3.05) is 19.6 Å². The molecule has 2 unspecified atom stereocenters. The fourth-order valence-corrected chi connectivity index (χ4v) is 1.75. The van der Waals surface area contributed by atoms with Gasteiger partial charge in [-0.2, -0.15) is 0 Å². The Kier molecular flexibility index (Phi) is 4.70. The summed E-state index contributed by atoms with van der Waals surface area (Å²) in [7, 11) is 0. The Morgan fingerprint density at radius 3 is 2.69 bits per heavy atom. The van der Waals surface area contributed by atoms with Gasteiger partial charge in [-0.3, -0.25) is 4.79 Å². The first-order valence-corrected chi connectivity index (χ1v) is 5.41. The van der Waals surface area contributed by atoms with Gasteiger partial charge in [0.1, 0.15) is 0 Å². The van der Waals surface area contributed by atoms with Crippen LogP contribution in [0.15, 0.2) is 0 Å². The van der Waals surface area contributed by atoms with Crippen LogP contribution in [0.25, 0.3) is 0 Å². The molecule has 0 aliphatic carbocycles. The van der Waals surface area contributed by atoms with Gasteiger partial charge < -0.3 is 20.8 Å². The van der Waals surface area contributed by atoms with Crippen molar-refractivity contribution in [1.82, 2.24) is 10.6 Å². The lowest BCUT2D eigenvalue weighted by molar-refractivity contribution is -0.147. The van der Waals surface area contributed by atoms with Crippen molar-refractivity contribution in [2.45, 2.75) is 19.4 Å². The van der Waals surface area contributed by atoms with Crippen LogP contribution in [0.5, 0.6) is 0 Å². The van der Waals surface area contributed by atoms with E-state index < -0.39 is 12.1 Å². The molecule has 0 spiro atoms. The zero-order valence-electron chi connectivity index (χ0n) is 9.27. The van der Waals surface area contributed by atoms with Gasteiger partial charge in [0, 0.05) is 19.5 Å². The normalized spacial score (nSPS) is 26.4. The van der Waals surface area contributed by atoms with Gasteiger partial charge in [0.2, 0.25) is 5.91 Å². The molecule has 4 N–H and O–H groups in total. The molecule has 0 aromatic rings. The molecule has 1 amide bonds. The first kappa shape index (κ1) is 12.9. The minimum atomic E-state index is -1.40. The van der Waals surface area contributed by atoms with Crippen molar-refractivity contribution in [3.8, 4) is 0 Å². The molecule has 16 heavy (non-hydrogen) atoms. The number of aliphatic hydroxyl groups is 1. The number of hydrogen-bond acceptors (Lipinski definition) is 4. The lowest BCUT2D eigenvalue weighted by Gasteiger charge is -2.14. The zero-order valence-corrected chi connectivity index (χ0v) is 9.27. The van der Waals surface area contributed by atoms with Crippen LogP contribution in [0.3, 0.4) is 0 Å². The summed E-state index contributed by atoms with van der Waals surface area (Å²) in [4.78, 5) is 21.9. The number of nitrogens with one attached hydrogen (secondary N) is 2. The van der Waals surface area contributed by atoms with E-state index >= 15 is 0 Å². The van der Waals surface area contributed by atoms with Gasteiger partial charge >= 0.3 is 5.97 Å². The van der Waals surface area contributed by atoms with Crippen LogP contribution in [-0.2, 0) is 9.59 Å². The summed E-state index contributed by atoms with van der Waals surface area (Å²) < 4.78 is 0. The number of carboxylic acids is 1. The number of carbonyl (C=O) groups excluding carboxylic acids is 1. The number of amides is 1. The molecule has 6 nitrogen and oxygen atoms in total. The molecular formula is C10H18N2O4. The summed E-state index contributed by atoms with van der Waals surface area (Å²) >= 11 is 0. The smallest absolute Gasteiger partial charge is 0.332 e. The van der Waals surface area contributed by atoms with E-state index in [1.54, 1.807) is 0 Å². The maximum absolute atomic E-state index is 11.6. The number of carbonyl (C=O) groups is 2. The molecule has 1 rings (SSSR count). The molecule has 0 bridgehead atoms. The Hall–Kier alpha value is -1.14. The van der Waals surface area contributed by atoms with E-state index in [0.717, 1.165) is 6.54 Å². The highest BCUT2D eigenvalue weighted by Gasteiger charge is 2.29. The monoisotopic (exact) mass is 230 g/mol. The third-order valence-corrected chi connectivity index (χ3v) is 2.86. The Labute approximate surface area is 94.0 Å². The summed E-state index contributed by atoms with van der Waals surface area (Å²) in [5.74, 6) is -1.09. The Morgan fingerprint density at radius 2 is 2.19 bits per heavy atom. The van der Waals surface area contributed by atoms with Crippen LogP contribution in [0, 0.1) is 11.8 Å². The van der Waals surface area contributed by atoms with Crippen LogP contribution < -0.4 is 10.6 Å². The summed E-state index contributed by atoms with van der Waals surface area (Å²) in [5.41, 5.74) is 0. The Morgan fingerprint density at radius 1 is 1.50 bits per heavy atom. The maximum Gasteiger partial charge on any atom is 0.332 e. The molecule has 1 aliphatic heterocycles. The Bertz CT molecular complexity index is 270. The minimum absolute atomic E-state index is 0.0373. The van der Waals surface area contributed by atoms with Gasteiger partial charge in [-0.15, -0.1) is 0 Å². The van der Waals surface area contributed by atoms with Gasteiger partial charge in [0.05, 0.1) is 5.92 Å². The fraction of sp³-hybridized carbons (Fsp3) is 0.800. The average molecular weight is 230 g/mol. The fourth-order valence-electron chi connectivity index (χ4n) is 1.75. The van der Waals surface area contributed by atoms with E-state index in [0.29, 0.717) is 12.5 Å². The number of hydrogen-bond donors (Lipinski definition) is 4. The van der Waals surface area contributed by atoms with Crippen molar-refractivity contribution in [1.29, 1.82) is 0 Å². The molecule has 1 aliphatic rings. The SMILES string of the molecule is CC1CNCC1C(=O)NCC[C@H](O)C(=O)O. The maximum atomic E-state index is 11.6. The van der Waals surface area contributed by atoms with Crippen LogP contribution in [-0.4, -0.2) is 47.8 Å². The molecule has 0 saturated carbocycles. The number of aliphatic hydroxyl groups excluding tert-OH is 1. The number of aliphatic carboxylic acids is 1. The van der Waals surface area contributed by atoms with Crippen molar-refractivity contribution in [2.24, 2.45) is 11.8 Å². The van der Waals surface area contributed by atoms with Gasteiger partial charge in [0.25, 0.3) is 0 Å². The van der Waals surface area contributed by atoms with Gasteiger partial charge in [-0.25, -0.2) is 4.79 Å². The van der Waals surface area contributed by atoms with Gasteiger partial charge in [0.15, 0.2) is 6.10 Å². The van der Waals surface area contributed by atoms with Crippen LogP contribution >= 0.6 is 0 Å². The molecule has 1 fully saturated rings. The summed E-state index contributed by atoms with van der Waals surface area (Å²) in [5, 5.41) is 23.2. The molecule has 0 radical (unpaired) electrons. The second-order valence-electron chi connectivity index (χ2n) is 4.18. The number of carboxylic acid groups (broad SMARTS) is 1. The van der Waals surface area contributed by atoms with E-state index in [-0.39, 0.29) is 24.8 Å². The predicted molar refractivity (Wildman–Crippen MR) is 56.8 cm³/mol. The summed E-state index contributed by atoms with van der Waals surface area (Å²) in [6.07, 6.45) is -1.37. The molecular weight excluding hydrogens is 212 g/mol. The van der Waals surface area contributed by atoms with Crippen molar-refractivity contribution in [3.63, 3.8) is 0 Å².